The molecule has 2 heterocycles. The lowest BCUT2D eigenvalue weighted by Gasteiger charge is -2.29. The van der Waals surface area contributed by atoms with Gasteiger partial charge in [0.1, 0.15) is 5.75 Å². The zero-order chi connectivity index (χ0) is 17.4. The van der Waals surface area contributed by atoms with E-state index in [0.717, 1.165) is 52.1 Å². The minimum atomic E-state index is 0.775. The second kappa shape index (κ2) is 6.44. The van der Waals surface area contributed by atoms with Crippen molar-refractivity contribution in [3.8, 4) is 17.2 Å². The predicted octanol–water partition coefficient (Wildman–Crippen LogP) is 3.88. The number of thiazole rings is 1. The molecule has 0 atom stereocenters. The van der Waals surface area contributed by atoms with Crippen molar-refractivity contribution in [3.05, 3.63) is 41.5 Å². The Balaban J connectivity index is 1.65. The van der Waals surface area contributed by atoms with Crippen LogP contribution in [0.3, 0.4) is 0 Å². The summed E-state index contributed by atoms with van der Waals surface area (Å²) in [5.74, 6) is 2.43. The monoisotopic (exact) mass is 356 g/mol. The van der Waals surface area contributed by atoms with Gasteiger partial charge in [-0.15, -0.1) is 0 Å². The summed E-state index contributed by atoms with van der Waals surface area (Å²) in [5.41, 5.74) is 3.59. The van der Waals surface area contributed by atoms with Gasteiger partial charge in [-0.2, -0.15) is 0 Å². The van der Waals surface area contributed by atoms with Gasteiger partial charge in [0.05, 0.1) is 31.5 Å². The quantitative estimate of drug-likeness (QED) is 0.710. The second-order valence-electron chi connectivity index (χ2n) is 5.98. The lowest BCUT2D eigenvalue weighted by molar-refractivity contribution is 0.353. The van der Waals surface area contributed by atoms with Gasteiger partial charge in [0, 0.05) is 13.1 Å². The van der Waals surface area contributed by atoms with Crippen LogP contribution >= 0.6 is 11.3 Å². The van der Waals surface area contributed by atoms with E-state index >= 15 is 0 Å². The third kappa shape index (κ3) is 2.87. The van der Waals surface area contributed by atoms with Crippen molar-refractivity contribution in [3.63, 3.8) is 0 Å². The van der Waals surface area contributed by atoms with E-state index in [2.05, 4.69) is 17.0 Å². The lowest BCUT2D eigenvalue weighted by atomic mass is 9.99. The summed E-state index contributed by atoms with van der Waals surface area (Å²) in [6.45, 7) is 1.77. The molecule has 0 N–H and O–H groups in total. The zero-order valence-electron chi connectivity index (χ0n) is 14.5. The first-order chi connectivity index (χ1) is 12.2. The van der Waals surface area contributed by atoms with Gasteiger partial charge in [-0.3, -0.25) is 0 Å². The van der Waals surface area contributed by atoms with Crippen LogP contribution in [0.15, 0.2) is 30.3 Å². The average Bonchev–Trinajstić information content (AvgIpc) is 3.09. The van der Waals surface area contributed by atoms with Gasteiger partial charge >= 0.3 is 0 Å². The number of ether oxygens (including phenoxy) is 3. The maximum atomic E-state index is 5.45. The summed E-state index contributed by atoms with van der Waals surface area (Å²) in [5, 5.41) is 1.05. The molecule has 130 valence electrons. The molecule has 25 heavy (non-hydrogen) atoms. The van der Waals surface area contributed by atoms with Gasteiger partial charge in [-0.05, 0) is 47.9 Å². The van der Waals surface area contributed by atoms with E-state index in [0.29, 0.717) is 0 Å². The second-order valence-corrected chi connectivity index (χ2v) is 6.99. The van der Waals surface area contributed by atoms with Crippen molar-refractivity contribution in [1.82, 2.24) is 4.98 Å². The first-order valence-corrected chi connectivity index (χ1v) is 8.96. The number of rotatable bonds is 4. The number of methoxy groups -OCH3 is 3. The van der Waals surface area contributed by atoms with E-state index in [1.807, 2.05) is 18.2 Å². The van der Waals surface area contributed by atoms with Crippen molar-refractivity contribution in [2.24, 2.45) is 0 Å². The highest BCUT2D eigenvalue weighted by molar-refractivity contribution is 7.22. The topological polar surface area (TPSA) is 43.8 Å². The Hall–Kier alpha value is -2.47. The smallest absolute Gasteiger partial charge is 0.186 e. The molecule has 0 amide bonds. The van der Waals surface area contributed by atoms with E-state index in [4.69, 9.17) is 19.2 Å². The summed E-state index contributed by atoms with van der Waals surface area (Å²) in [4.78, 5) is 7.12. The number of fused-ring (bicyclic) bond motifs is 2. The van der Waals surface area contributed by atoms with E-state index in [1.165, 1.54) is 11.1 Å². The van der Waals surface area contributed by atoms with Crippen LogP contribution in [0.2, 0.25) is 0 Å². The van der Waals surface area contributed by atoms with Gasteiger partial charge in [0.2, 0.25) is 0 Å². The fourth-order valence-corrected chi connectivity index (χ4v) is 4.22. The number of benzene rings is 2. The molecule has 3 aromatic rings. The third-order valence-electron chi connectivity index (χ3n) is 4.57. The molecule has 1 aromatic heterocycles. The van der Waals surface area contributed by atoms with Crippen LogP contribution < -0.4 is 19.1 Å². The molecule has 2 aromatic carbocycles. The van der Waals surface area contributed by atoms with Crippen LogP contribution in [0, 0.1) is 0 Å². The van der Waals surface area contributed by atoms with Crippen molar-refractivity contribution >= 4 is 26.7 Å². The maximum absolute atomic E-state index is 5.45. The highest BCUT2D eigenvalue weighted by Crippen LogP contribution is 2.37. The Morgan fingerprint density at radius 1 is 0.960 bits per heavy atom. The third-order valence-corrected chi connectivity index (χ3v) is 5.65. The number of aromatic nitrogens is 1. The molecule has 5 nitrogen and oxygen atoms in total. The molecular weight excluding hydrogens is 336 g/mol. The van der Waals surface area contributed by atoms with Crippen LogP contribution in [0.4, 0.5) is 5.13 Å². The molecule has 0 saturated heterocycles. The molecule has 0 aliphatic carbocycles. The molecule has 1 aliphatic rings. The van der Waals surface area contributed by atoms with E-state index < -0.39 is 0 Å². The summed E-state index contributed by atoms with van der Waals surface area (Å²) < 4.78 is 17.3. The number of anilines is 1. The van der Waals surface area contributed by atoms with Gasteiger partial charge in [0.25, 0.3) is 0 Å². The van der Waals surface area contributed by atoms with Gasteiger partial charge in [-0.1, -0.05) is 11.3 Å². The van der Waals surface area contributed by atoms with Gasteiger partial charge in [0.15, 0.2) is 16.6 Å². The Morgan fingerprint density at radius 3 is 2.44 bits per heavy atom. The lowest BCUT2D eigenvalue weighted by Crippen LogP contribution is -2.30. The highest BCUT2D eigenvalue weighted by Gasteiger charge is 2.22. The molecule has 1 aliphatic heterocycles. The average molecular weight is 356 g/mol. The normalized spacial score (nSPS) is 13.6. The Kier molecular flexibility index (Phi) is 4.13. The maximum Gasteiger partial charge on any atom is 0.186 e. The van der Waals surface area contributed by atoms with E-state index in [-0.39, 0.29) is 0 Å². The molecular formula is C19H20N2O3S. The fourth-order valence-electron chi connectivity index (χ4n) is 3.20. The molecule has 0 spiro atoms. The summed E-state index contributed by atoms with van der Waals surface area (Å²) in [6.07, 6.45) is 0.967. The van der Waals surface area contributed by atoms with Crippen LogP contribution in [-0.4, -0.2) is 32.9 Å². The number of hydrogen-bond acceptors (Lipinski definition) is 6. The van der Waals surface area contributed by atoms with Crippen molar-refractivity contribution in [1.29, 1.82) is 0 Å². The predicted molar refractivity (Wildman–Crippen MR) is 100 cm³/mol. The molecule has 0 radical (unpaired) electrons. The summed E-state index contributed by atoms with van der Waals surface area (Å²) >= 11 is 1.70. The van der Waals surface area contributed by atoms with Gasteiger partial charge in [-0.25, -0.2) is 4.98 Å². The van der Waals surface area contributed by atoms with Crippen molar-refractivity contribution < 1.29 is 14.2 Å². The first kappa shape index (κ1) is 16.0. The molecule has 0 unspecified atom stereocenters. The van der Waals surface area contributed by atoms with E-state index in [9.17, 15) is 0 Å². The van der Waals surface area contributed by atoms with E-state index in [1.54, 1.807) is 32.7 Å². The van der Waals surface area contributed by atoms with Crippen LogP contribution in [0.1, 0.15) is 11.1 Å². The number of nitrogens with zero attached hydrogens (tertiary/aromatic N) is 2. The summed E-state index contributed by atoms with van der Waals surface area (Å²) in [6, 6.07) is 10.2. The summed E-state index contributed by atoms with van der Waals surface area (Å²) in [7, 11) is 5.03. The largest absolute Gasteiger partial charge is 0.497 e. The molecule has 4 rings (SSSR count). The molecule has 0 fully saturated rings. The Labute approximate surface area is 150 Å². The van der Waals surface area contributed by atoms with Crippen LogP contribution in [0.5, 0.6) is 17.2 Å². The first-order valence-electron chi connectivity index (χ1n) is 8.15. The fraction of sp³-hybridized carbons (Fsp3) is 0.316. The highest BCUT2D eigenvalue weighted by atomic mass is 32.1. The van der Waals surface area contributed by atoms with Crippen LogP contribution in [0.25, 0.3) is 10.2 Å². The van der Waals surface area contributed by atoms with Gasteiger partial charge < -0.3 is 19.1 Å². The zero-order valence-corrected chi connectivity index (χ0v) is 15.4. The van der Waals surface area contributed by atoms with Crippen molar-refractivity contribution in [2.75, 3.05) is 32.8 Å². The minimum absolute atomic E-state index is 0.775. The standard InChI is InChI=1S/C19H20N2O3S/c1-22-14-4-5-15-18(10-14)25-19(20-15)21-7-6-12-8-16(23-2)17(24-3)9-13(12)11-21/h4-5,8-10H,6-7,11H2,1-3H3. The number of hydrogen-bond donors (Lipinski definition) is 0. The molecule has 0 bridgehead atoms. The Bertz CT molecular complexity index is 922. The molecule has 6 heteroatoms. The SMILES string of the molecule is COc1ccc2nc(N3CCc4cc(OC)c(OC)cc4C3)sc2c1. The molecule has 0 saturated carbocycles. The van der Waals surface area contributed by atoms with Crippen molar-refractivity contribution in [2.45, 2.75) is 13.0 Å². The minimum Gasteiger partial charge on any atom is -0.497 e. The Morgan fingerprint density at radius 2 is 1.72 bits per heavy atom. The van der Waals surface area contributed by atoms with Crippen LogP contribution in [-0.2, 0) is 13.0 Å².